The van der Waals surface area contributed by atoms with Gasteiger partial charge in [-0.2, -0.15) is 0 Å². The van der Waals surface area contributed by atoms with Crippen LogP contribution < -0.4 is 0 Å². The maximum atomic E-state index is 2.72. The standard InChI is InChI=1S/C52H76N4/c1-49(2,3)45-21-13-41(14-22-45)37-53-29-31-54(38-42-15-23-46(24-16-42)50(4,5)6)33-35-56(40-44-19-27-48(28-20-44)52(10,11)12)36-34-55(32-30-53)39-43-17-25-47(26-18-43)51(7,8)9/h13-28H,29-40H2,1-12H3. The molecule has 0 spiro atoms. The first-order valence-electron chi connectivity index (χ1n) is 21.5. The van der Waals surface area contributed by atoms with Crippen LogP contribution in [0.1, 0.15) is 128 Å². The Labute approximate surface area is 343 Å². The topological polar surface area (TPSA) is 13.0 Å². The van der Waals surface area contributed by atoms with Crippen LogP contribution in [-0.2, 0) is 47.8 Å². The Bertz CT molecular complexity index is 1470. The minimum Gasteiger partial charge on any atom is -0.297 e. The van der Waals surface area contributed by atoms with E-state index in [1.807, 2.05) is 0 Å². The van der Waals surface area contributed by atoms with Gasteiger partial charge >= 0.3 is 0 Å². The lowest BCUT2D eigenvalue weighted by Crippen LogP contribution is -2.45. The van der Waals surface area contributed by atoms with E-state index >= 15 is 0 Å². The van der Waals surface area contributed by atoms with Gasteiger partial charge in [-0.3, -0.25) is 19.6 Å². The quantitative estimate of drug-likeness (QED) is 0.177. The molecule has 1 saturated heterocycles. The fraction of sp³-hybridized carbons (Fsp3) is 0.538. The van der Waals surface area contributed by atoms with Gasteiger partial charge in [-0.25, -0.2) is 0 Å². The monoisotopic (exact) mass is 757 g/mol. The minimum atomic E-state index is 0.160. The van der Waals surface area contributed by atoms with Crippen molar-refractivity contribution in [2.45, 2.75) is 131 Å². The summed E-state index contributed by atoms with van der Waals surface area (Å²) < 4.78 is 0. The van der Waals surface area contributed by atoms with E-state index in [4.69, 9.17) is 0 Å². The highest BCUT2D eigenvalue weighted by atomic mass is 15.3. The van der Waals surface area contributed by atoms with Crippen LogP contribution in [-0.4, -0.2) is 72.0 Å². The van der Waals surface area contributed by atoms with Gasteiger partial charge in [-0.15, -0.1) is 0 Å². The molecule has 1 heterocycles. The number of hydrogen-bond donors (Lipinski definition) is 0. The zero-order valence-electron chi connectivity index (χ0n) is 37.5. The van der Waals surface area contributed by atoms with Crippen LogP contribution in [0, 0.1) is 0 Å². The molecule has 4 heteroatoms. The maximum absolute atomic E-state index is 2.72. The molecule has 1 aliphatic rings. The molecule has 0 aromatic heterocycles. The van der Waals surface area contributed by atoms with Gasteiger partial charge in [-0.1, -0.05) is 180 Å². The summed E-state index contributed by atoms with van der Waals surface area (Å²) in [6.45, 7) is 39.9. The van der Waals surface area contributed by atoms with Gasteiger partial charge in [0.2, 0.25) is 0 Å². The van der Waals surface area contributed by atoms with Crippen molar-refractivity contribution in [1.82, 2.24) is 19.6 Å². The number of hydrogen-bond acceptors (Lipinski definition) is 4. The summed E-state index contributed by atoms with van der Waals surface area (Å²) in [5.74, 6) is 0. The van der Waals surface area contributed by atoms with Gasteiger partial charge in [0.05, 0.1) is 0 Å². The van der Waals surface area contributed by atoms with Crippen LogP contribution in [0.2, 0.25) is 0 Å². The first-order valence-corrected chi connectivity index (χ1v) is 21.5. The zero-order valence-corrected chi connectivity index (χ0v) is 37.5. The normalized spacial score (nSPS) is 17.1. The predicted octanol–water partition coefficient (Wildman–Crippen LogP) is 11.2. The molecular weight excluding hydrogens is 681 g/mol. The Hall–Kier alpha value is -3.28. The summed E-state index contributed by atoms with van der Waals surface area (Å²) in [5.41, 5.74) is 11.9. The molecule has 4 aromatic carbocycles. The first-order chi connectivity index (χ1) is 26.2. The lowest BCUT2D eigenvalue weighted by molar-refractivity contribution is 0.122. The van der Waals surface area contributed by atoms with Gasteiger partial charge in [0, 0.05) is 78.5 Å². The molecular formula is C52H76N4. The molecule has 0 amide bonds. The number of nitrogens with zero attached hydrogens (tertiary/aromatic N) is 4. The molecule has 4 nitrogen and oxygen atoms in total. The molecule has 56 heavy (non-hydrogen) atoms. The summed E-state index contributed by atoms with van der Waals surface area (Å²) in [6, 6.07) is 37.7. The SMILES string of the molecule is CC(C)(C)c1ccc(CN2CCN(Cc3ccc(C(C)(C)C)cc3)CCN(Cc3ccc(C(C)(C)C)cc3)CCN(Cc3ccc(C(C)(C)C)cc3)CC2)cc1. The van der Waals surface area contributed by atoms with Crippen LogP contribution in [0.4, 0.5) is 0 Å². The van der Waals surface area contributed by atoms with E-state index in [0.29, 0.717) is 0 Å². The predicted molar refractivity (Wildman–Crippen MR) is 242 cm³/mol. The van der Waals surface area contributed by atoms with Crippen molar-refractivity contribution in [1.29, 1.82) is 0 Å². The lowest BCUT2D eigenvalue weighted by atomic mass is 9.86. The van der Waals surface area contributed by atoms with Gasteiger partial charge in [0.1, 0.15) is 0 Å². The average Bonchev–Trinajstić information content (AvgIpc) is 3.12. The van der Waals surface area contributed by atoms with Gasteiger partial charge in [0.15, 0.2) is 0 Å². The molecule has 304 valence electrons. The second-order valence-electron chi connectivity index (χ2n) is 20.9. The molecule has 0 unspecified atom stereocenters. The van der Waals surface area contributed by atoms with Gasteiger partial charge in [0.25, 0.3) is 0 Å². The highest BCUT2D eigenvalue weighted by Gasteiger charge is 2.21. The van der Waals surface area contributed by atoms with Gasteiger partial charge < -0.3 is 0 Å². The molecule has 5 rings (SSSR count). The third kappa shape index (κ3) is 13.4. The smallest absolute Gasteiger partial charge is 0.0234 e. The summed E-state index contributed by atoms with van der Waals surface area (Å²) in [5, 5.41) is 0. The first kappa shape index (κ1) is 43.8. The molecule has 0 radical (unpaired) electrons. The average molecular weight is 757 g/mol. The van der Waals surface area contributed by atoms with Crippen molar-refractivity contribution < 1.29 is 0 Å². The fourth-order valence-electron chi connectivity index (χ4n) is 7.68. The van der Waals surface area contributed by atoms with Crippen molar-refractivity contribution in [3.63, 3.8) is 0 Å². The Balaban J connectivity index is 1.40. The van der Waals surface area contributed by atoms with Crippen molar-refractivity contribution in [3.8, 4) is 0 Å². The van der Waals surface area contributed by atoms with Crippen LogP contribution in [0.25, 0.3) is 0 Å². The van der Waals surface area contributed by atoms with E-state index in [1.165, 1.54) is 44.5 Å². The van der Waals surface area contributed by atoms with E-state index < -0.39 is 0 Å². The van der Waals surface area contributed by atoms with Crippen molar-refractivity contribution >= 4 is 0 Å². The third-order valence-corrected chi connectivity index (χ3v) is 11.8. The summed E-state index contributed by atoms with van der Waals surface area (Å²) >= 11 is 0. The molecule has 0 N–H and O–H groups in total. The van der Waals surface area contributed by atoms with Gasteiger partial charge in [-0.05, 0) is 66.2 Å². The number of benzene rings is 4. The summed E-state index contributed by atoms with van der Waals surface area (Å²) in [7, 11) is 0. The van der Waals surface area contributed by atoms with E-state index in [-0.39, 0.29) is 21.7 Å². The van der Waals surface area contributed by atoms with Crippen molar-refractivity contribution in [2.75, 3.05) is 52.4 Å². The molecule has 1 fully saturated rings. The van der Waals surface area contributed by atoms with E-state index in [1.54, 1.807) is 0 Å². The molecule has 4 aromatic rings. The maximum Gasteiger partial charge on any atom is 0.0234 e. The van der Waals surface area contributed by atoms with E-state index in [2.05, 4.69) is 200 Å². The highest BCUT2D eigenvalue weighted by molar-refractivity contribution is 5.30. The minimum absolute atomic E-state index is 0.160. The largest absolute Gasteiger partial charge is 0.297 e. The molecule has 0 aliphatic carbocycles. The summed E-state index contributed by atoms with van der Waals surface area (Å²) in [4.78, 5) is 10.9. The van der Waals surface area contributed by atoms with E-state index in [0.717, 1.165) is 78.5 Å². The van der Waals surface area contributed by atoms with E-state index in [9.17, 15) is 0 Å². The summed E-state index contributed by atoms with van der Waals surface area (Å²) in [6.07, 6.45) is 0. The lowest BCUT2D eigenvalue weighted by Gasteiger charge is -2.35. The fourth-order valence-corrected chi connectivity index (χ4v) is 7.68. The van der Waals surface area contributed by atoms with Crippen molar-refractivity contribution in [3.05, 3.63) is 142 Å². The third-order valence-electron chi connectivity index (χ3n) is 11.8. The Kier molecular flexibility index (Phi) is 14.5. The second kappa shape index (κ2) is 18.5. The Morgan fingerprint density at radius 2 is 0.411 bits per heavy atom. The van der Waals surface area contributed by atoms with Crippen LogP contribution >= 0.6 is 0 Å². The van der Waals surface area contributed by atoms with Crippen LogP contribution in [0.3, 0.4) is 0 Å². The molecule has 1 aliphatic heterocycles. The van der Waals surface area contributed by atoms with Crippen molar-refractivity contribution in [2.24, 2.45) is 0 Å². The highest BCUT2D eigenvalue weighted by Crippen LogP contribution is 2.26. The molecule has 0 saturated carbocycles. The second-order valence-corrected chi connectivity index (χ2v) is 20.9. The zero-order chi connectivity index (χ0) is 40.7. The number of rotatable bonds is 8. The molecule has 0 bridgehead atoms. The molecule has 0 atom stereocenters. The van der Waals surface area contributed by atoms with Crippen LogP contribution in [0.15, 0.2) is 97.1 Å². The Morgan fingerprint density at radius 3 is 0.536 bits per heavy atom. The Morgan fingerprint density at radius 1 is 0.268 bits per heavy atom. The van der Waals surface area contributed by atoms with Crippen LogP contribution in [0.5, 0.6) is 0 Å².